The maximum Gasteiger partial charge on any atom is 0.233 e. The van der Waals surface area contributed by atoms with Crippen LogP contribution in [-0.2, 0) is 9.53 Å². The topological polar surface area (TPSA) is 41.6 Å². The molecular formula is C10H20N2O2. The van der Waals surface area contributed by atoms with E-state index in [0.717, 1.165) is 19.7 Å². The largest absolute Gasteiger partial charge is 0.375 e. The van der Waals surface area contributed by atoms with Crippen molar-refractivity contribution in [2.75, 3.05) is 33.3 Å². The normalized spacial score (nSPS) is 23.9. The van der Waals surface area contributed by atoms with E-state index in [1.165, 1.54) is 0 Å². The molecule has 0 saturated carbocycles. The van der Waals surface area contributed by atoms with Gasteiger partial charge in [0.15, 0.2) is 0 Å². The fourth-order valence-electron chi connectivity index (χ4n) is 1.56. The summed E-state index contributed by atoms with van der Waals surface area (Å²) in [6.45, 7) is 7.24. The Balaban J connectivity index is 2.36. The van der Waals surface area contributed by atoms with Crippen LogP contribution in [0.2, 0.25) is 0 Å². The summed E-state index contributed by atoms with van der Waals surface area (Å²) in [5.74, 6) is 0.594. The molecule has 1 saturated heterocycles. The maximum atomic E-state index is 11.2. The van der Waals surface area contributed by atoms with Crippen molar-refractivity contribution in [3.8, 4) is 0 Å². The van der Waals surface area contributed by atoms with Crippen LogP contribution in [0.15, 0.2) is 0 Å². The number of rotatable bonds is 3. The van der Waals surface area contributed by atoms with E-state index in [-0.39, 0.29) is 12.0 Å². The molecule has 1 unspecified atom stereocenters. The third-order valence-corrected chi connectivity index (χ3v) is 2.57. The van der Waals surface area contributed by atoms with E-state index in [1.54, 1.807) is 7.05 Å². The Morgan fingerprint density at radius 2 is 2.36 bits per heavy atom. The van der Waals surface area contributed by atoms with Crippen LogP contribution in [0.4, 0.5) is 0 Å². The third-order valence-electron chi connectivity index (χ3n) is 2.57. The average molecular weight is 200 g/mol. The first-order valence-electron chi connectivity index (χ1n) is 5.18. The number of likely N-dealkylation sites (N-methyl/N-ethyl adjacent to an activating group) is 1. The van der Waals surface area contributed by atoms with Gasteiger partial charge in [-0.3, -0.25) is 9.69 Å². The van der Waals surface area contributed by atoms with Crippen LogP contribution in [0, 0.1) is 5.92 Å². The number of carbonyl (C=O) groups excluding carboxylic acids is 1. The molecule has 0 aromatic carbocycles. The Morgan fingerprint density at radius 1 is 1.64 bits per heavy atom. The van der Waals surface area contributed by atoms with Crippen LogP contribution >= 0.6 is 0 Å². The second-order valence-electron chi connectivity index (χ2n) is 4.06. The quantitative estimate of drug-likeness (QED) is 0.702. The first-order valence-corrected chi connectivity index (χ1v) is 5.18. The summed E-state index contributed by atoms with van der Waals surface area (Å²) in [7, 11) is 1.67. The lowest BCUT2D eigenvalue weighted by molar-refractivity contribution is -0.124. The zero-order valence-electron chi connectivity index (χ0n) is 9.25. The highest BCUT2D eigenvalue weighted by Crippen LogP contribution is 2.12. The molecular weight excluding hydrogens is 180 g/mol. The van der Waals surface area contributed by atoms with Crippen LogP contribution in [0.25, 0.3) is 0 Å². The second kappa shape index (κ2) is 5.32. The lowest BCUT2D eigenvalue weighted by Crippen LogP contribution is -2.47. The SMILES string of the molecule is CNC(=O)CN1CCOC(C(C)C)C1. The Morgan fingerprint density at radius 3 is 2.93 bits per heavy atom. The summed E-state index contributed by atoms with van der Waals surface area (Å²) in [5.41, 5.74) is 0. The van der Waals surface area contributed by atoms with Crippen molar-refractivity contribution in [3.05, 3.63) is 0 Å². The van der Waals surface area contributed by atoms with E-state index in [0.29, 0.717) is 12.5 Å². The molecule has 1 amide bonds. The van der Waals surface area contributed by atoms with Crippen molar-refractivity contribution < 1.29 is 9.53 Å². The highest BCUT2D eigenvalue weighted by molar-refractivity contribution is 5.77. The highest BCUT2D eigenvalue weighted by Gasteiger charge is 2.23. The first-order chi connectivity index (χ1) is 6.63. The number of ether oxygens (including phenoxy) is 1. The van der Waals surface area contributed by atoms with Gasteiger partial charge < -0.3 is 10.1 Å². The van der Waals surface area contributed by atoms with Crippen molar-refractivity contribution in [3.63, 3.8) is 0 Å². The van der Waals surface area contributed by atoms with Crippen molar-refractivity contribution in [1.82, 2.24) is 10.2 Å². The zero-order valence-corrected chi connectivity index (χ0v) is 9.25. The molecule has 1 aliphatic heterocycles. The van der Waals surface area contributed by atoms with E-state index >= 15 is 0 Å². The minimum absolute atomic E-state index is 0.0782. The molecule has 0 aromatic rings. The lowest BCUT2D eigenvalue weighted by atomic mass is 10.1. The van der Waals surface area contributed by atoms with Gasteiger partial charge in [0.25, 0.3) is 0 Å². The molecule has 4 nitrogen and oxygen atoms in total. The molecule has 1 atom stereocenters. The van der Waals surface area contributed by atoms with Crippen molar-refractivity contribution in [2.45, 2.75) is 20.0 Å². The number of morpholine rings is 1. The molecule has 0 radical (unpaired) electrons. The third kappa shape index (κ3) is 3.27. The number of amides is 1. The monoisotopic (exact) mass is 200 g/mol. The fourth-order valence-corrected chi connectivity index (χ4v) is 1.56. The summed E-state index contributed by atoms with van der Waals surface area (Å²) in [5, 5.41) is 2.63. The van der Waals surface area contributed by atoms with Crippen LogP contribution in [0.1, 0.15) is 13.8 Å². The van der Waals surface area contributed by atoms with Gasteiger partial charge in [-0.25, -0.2) is 0 Å². The smallest absolute Gasteiger partial charge is 0.233 e. The van der Waals surface area contributed by atoms with E-state index in [2.05, 4.69) is 24.1 Å². The van der Waals surface area contributed by atoms with Gasteiger partial charge in [-0.2, -0.15) is 0 Å². The van der Waals surface area contributed by atoms with E-state index in [9.17, 15) is 4.79 Å². The molecule has 1 fully saturated rings. The van der Waals surface area contributed by atoms with E-state index in [1.807, 2.05) is 0 Å². The standard InChI is InChI=1S/C10H20N2O2/c1-8(2)9-6-12(4-5-14-9)7-10(13)11-3/h8-9H,4-7H2,1-3H3,(H,11,13). The predicted octanol–water partition coefficient (Wildman–Crippen LogP) is 0.0892. The number of hydrogen-bond donors (Lipinski definition) is 1. The minimum Gasteiger partial charge on any atom is -0.375 e. The van der Waals surface area contributed by atoms with Crippen molar-refractivity contribution in [1.29, 1.82) is 0 Å². The molecule has 14 heavy (non-hydrogen) atoms. The molecule has 0 aliphatic carbocycles. The predicted molar refractivity (Wildman–Crippen MR) is 55.1 cm³/mol. The van der Waals surface area contributed by atoms with Gasteiger partial charge in [0.1, 0.15) is 0 Å². The van der Waals surface area contributed by atoms with Crippen molar-refractivity contribution >= 4 is 5.91 Å². The van der Waals surface area contributed by atoms with E-state index < -0.39 is 0 Å². The van der Waals surface area contributed by atoms with Crippen LogP contribution < -0.4 is 5.32 Å². The molecule has 1 heterocycles. The Labute approximate surface area is 85.6 Å². The first kappa shape index (κ1) is 11.5. The molecule has 0 aromatic heterocycles. The number of carbonyl (C=O) groups is 1. The summed E-state index contributed by atoms with van der Waals surface area (Å²) in [6.07, 6.45) is 0.272. The summed E-state index contributed by atoms with van der Waals surface area (Å²) in [4.78, 5) is 13.3. The van der Waals surface area contributed by atoms with Gasteiger partial charge >= 0.3 is 0 Å². The molecule has 0 spiro atoms. The number of nitrogens with one attached hydrogen (secondary N) is 1. The average Bonchev–Trinajstić information content (AvgIpc) is 2.18. The van der Waals surface area contributed by atoms with Gasteiger partial charge in [-0.15, -0.1) is 0 Å². The minimum atomic E-state index is 0.0782. The second-order valence-corrected chi connectivity index (χ2v) is 4.06. The summed E-state index contributed by atoms with van der Waals surface area (Å²) in [6, 6.07) is 0. The maximum absolute atomic E-state index is 11.2. The molecule has 1 N–H and O–H groups in total. The van der Waals surface area contributed by atoms with Crippen molar-refractivity contribution in [2.24, 2.45) is 5.92 Å². The van der Waals surface area contributed by atoms with Crippen LogP contribution in [0.3, 0.4) is 0 Å². The zero-order chi connectivity index (χ0) is 10.6. The van der Waals surface area contributed by atoms with Gasteiger partial charge in [-0.05, 0) is 5.92 Å². The van der Waals surface area contributed by atoms with Crippen LogP contribution in [0.5, 0.6) is 0 Å². The molecule has 82 valence electrons. The fraction of sp³-hybridized carbons (Fsp3) is 0.900. The van der Waals surface area contributed by atoms with Gasteiger partial charge in [0, 0.05) is 20.1 Å². The molecule has 1 rings (SSSR count). The molecule has 1 aliphatic rings. The van der Waals surface area contributed by atoms with Crippen LogP contribution in [-0.4, -0.2) is 50.2 Å². The van der Waals surface area contributed by atoms with E-state index in [4.69, 9.17) is 4.74 Å². The lowest BCUT2D eigenvalue weighted by Gasteiger charge is -2.34. The Hall–Kier alpha value is -0.610. The van der Waals surface area contributed by atoms with Gasteiger partial charge in [0.05, 0.1) is 19.3 Å². The summed E-state index contributed by atoms with van der Waals surface area (Å²) >= 11 is 0. The Bertz CT molecular complexity index is 195. The number of hydrogen-bond acceptors (Lipinski definition) is 3. The number of nitrogens with zero attached hydrogens (tertiary/aromatic N) is 1. The highest BCUT2D eigenvalue weighted by atomic mass is 16.5. The Kier molecular flexibility index (Phi) is 4.35. The molecule has 0 bridgehead atoms. The molecule has 4 heteroatoms. The van der Waals surface area contributed by atoms with Gasteiger partial charge in [0.2, 0.25) is 5.91 Å². The van der Waals surface area contributed by atoms with Gasteiger partial charge in [-0.1, -0.05) is 13.8 Å². The summed E-state index contributed by atoms with van der Waals surface area (Å²) < 4.78 is 5.61.